The number of methoxy groups -OCH3 is 2. The zero-order valence-electron chi connectivity index (χ0n) is 14.6. The van der Waals surface area contributed by atoms with Crippen molar-refractivity contribution in [3.8, 4) is 11.5 Å². The molecule has 1 atom stereocenters. The number of nitrogens with one attached hydrogen (secondary N) is 1. The van der Waals surface area contributed by atoms with Crippen molar-refractivity contribution >= 4 is 11.7 Å². The molecule has 1 unspecified atom stereocenters. The normalized spacial score (nSPS) is 16.5. The third-order valence-corrected chi connectivity index (χ3v) is 4.48. The fourth-order valence-corrected chi connectivity index (χ4v) is 3.21. The number of ether oxygens (including phenoxy) is 2. The monoisotopic (exact) mass is 362 g/mol. The molecular formula is C19H20F2N2O3. The van der Waals surface area contributed by atoms with Crippen molar-refractivity contribution in [2.75, 3.05) is 26.1 Å². The average Bonchev–Trinajstić information content (AvgIpc) is 3.13. The molecule has 1 aliphatic heterocycles. The van der Waals surface area contributed by atoms with Crippen molar-refractivity contribution in [1.82, 2.24) is 4.90 Å². The number of urea groups is 1. The van der Waals surface area contributed by atoms with Crippen LogP contribution in [0, 0.1) is 11.6 Å². The molecule has 138 valence electrons. The largest absolute Gasteiger partial charge is 0.497 e. The molecule has 0 aromatic heterocycles. The van der Waals surface area contributed by atoms with Crippen LogP contribution in [0.5, 0.6) is 11.5 Å². The SMILES string of the molecule is COc1ccc(OC)c(C2CCCN2C(=O)Nc2ccc(F)cc2F)c1. The van der Waals surface area contributed by atoms with Gasteiger partial charge in [-0.2, -0.15) is 0 Å². The van der Waals surface area contributed by atoms with E-state index in [4.69, 9.17) is 9.47 Å². The van der Waals surface area contributed by atoms with Crippen molar-refractivity contribution in [3.05, 3.63) is 53.6 Å². The minimum Gasteiger partial charge on any atom is -0.497 e. The molecule has 0 bridgehead atoms. The van der Waals surface area contributed by atoms with E-state index in [1.807, 2.05) is 6.07 Å². The van der Waals surface area contributed by atoms with Crippen LogP contribution in [-0.4, -0.2) is 31.7 Å². The Hall–Kier alpha value is -2.83. The number of likely N-dealkylation sites (tertiary alicyclic amines) is 1. The summed E-state index contributed by atoms with van der Waals surface area (Å²) in [6.45, 7) is 0.527. The van der Waals surface area contributed by atoms with Crippen LogP contribution in [0.15, 0.2) is 36.4 Å². The number of anilines is 1. The Labute approximate surface area is 150 Å². The molecule has 1 fully saturated rings. The lowest BCUT2D eigenvalue weighted by Gasteiger charge is -2.27. The highest BCUT2D eigenvalue weighted by molar-refractivity contribution is 5.90. The highest BCUT2D eigenvalue weighted by atomic mass is 19.1. The Morgan fingerprint density at radius 2 is 1.96 bits per heavy atom. The molecule has 26 heavy (non-hydrogen) atoms. The molecule has 5 nitrogen and oxygen atoms in total. The third kappa shape index (κ3) is 3.56. The van der Waals surface area contributed by atoms with E-state index in [2.05, 4.69) is 5.32 Å². The number of hydrogen-bond acceptors (Lipinski definition) is 3. The van der Waals surface area contributed by atoms with E-state index in [1.54, 1.807) is 31.3 Å². The highest BCUT2D eigenvalue weighted by Gasteiger charge is 2.32. The summed E-state index contributed by atoms with van der Waals surface area (Å²) in [4.78, 5) is 14.3. The summed E-state index contributed by atoms with van der Waals surface area (Å²) in [7, 11) is 3.14. The second kappa shape index (κ2) is 7.59. The van der Waals surface area contributed by atoms with E-state index in [9.17, 15) is 13.6 Å². The van der Waals surface area contributed by atoms with Crippen LogP contribution in [0.2, 0.25) is 0 Å². The average molecular weight is 362 g/mol. The molecular weight excluding hydrogens is 342 g/mol. The lowest BCUT2D eigenvalue weighted by atomic mass is 10.0. The van der Waals surface area contributed by atoms with Gasteiger partial charge in [-0.05, 0) is 43.2 Å². The molecule has 1 saturated heterocycles. The first kappa shape index (κ1) is 18.0. The minimum absolute atomic E-state index is 0.0559. The van der Waals surface area contributed by atoms with Gasteiger partial charge in [-0.25, -0.2) is 13.6 Å². The summed E-state index contributed by atoms with van der Waals surface area (Å²) in [5, 5.41) is 2.52. The Kier molecular flexibility index (Phi) is 5.25. The predicted molar refractivity (Wildman–Crippen MR) is 93.6 cm³/mol. The smallest absolute Gasteiger partial charge is 0.322 e. The van der Waals surface area contributed by atoms with Crippen LogP contribution in [0.3, 0.4) is 0 Å². The summed E-state index contributed by atoms with van der Waals surface area (Å²) in [5.74, 6) is -0.185. The topological polar surface area (TPSA) is 50.8 Å². The quantitative estimate of drug-likeness (QED) is 0.880. The molecule has 0 spiro atoms. The van der Waals surface area contributed by atoms with Crippen molar-refractivity contribution in [2.24, 2.45) is 0 Å². The molecule has 3 rings (SSSR count). The molecule has 0 aliphatic carbocycles. The molecule has 1 N–H and O–H groups in total. The number of carbonyl (C=O) groups is 1. The van der Waals surface area contributed by atoms with Gasteiger partial charge in [0.05, 0.1) is 25.9 Å². The fraction of sp³-hybridized carbons (Fsp3) is 0.316. The first-order valence-electron chi connectivity index (χ1n) is 8.28. The summed E-state index contributed by atoms with van der Waals surface area (Å²) < 4.78 is 37.6. The van der Waals surface area contributed by atoms with Crippen molar-refractivity contribution in [1.29, 1.82) is 0 Å². The maximum absolute atomic E-state index is 13.8. The summed E-state index contributed by atoms with van der Waals surface area (Å²) in [6.07, 6.45) is 1.56. The summed E-state index contributed by atoms with van der Waals surface area (Å²) >= 11 is 0. The Morgan fingerprint density at radius 1 is 1.15 bits per heavy atom. The van der Waals surface area contributed by atoms with Crippen LogP contribution in [0.4, 0.5) is 19.3 Å². The number of nitrogens with zero attached hydrogens (tertiary/aromatic N) is 1. The second-order valence-electron chi connectivity index (χ2n) is 6.01. The number of hydrogen-bond donors (Lipinski definition) is 1. The molecule has 1 aliphatic rings. The van der Waals surface area contributed by atoms with E-state index in [-0.39, 0.29) is 11.7 Å². The molecule has 2 aromatic carbocycles. The zero-order valence-corrected chi connectivity index (χ0v) is 14.6. The van der Waals surface area contributed by atoms with E-state index in [1.165, 1.54) is 6.07 Å². The zero-order chi connectivity index (χ0) is 18.7. The first-order chi connectivity index (χ1) is 12.5. The van der Waals surface area contributed by atoms with E-state index >= 15 is 0 Å². The number of halogens is 2. The van der Waals surface area contributed by atoms with Crippen LogP contribution in [-0.2, 0) is 0 Å². The van der Waals surface area contributed by atoms with Gasteiger partial charge in [-0.3, -0.25) is 0 Å². The van der Waals surface area contributed by atoms with E-state index in [0.717, 1.165) is 30.5 Å². The first-order valence-corrected chi connectivity index (χ1v) is 8.28. The van der Waals surface area contributed by atoms with Gasteiger partial charge in [-0.1, -0.05) is 0 Å². The molecule has 0 radical (unpaired) electrons. The number of amides is 2. The molecule has 2 aromatic rings. The minimum atomic E-state index is -0.812. The second-order valence-corrected chi connectivity index (χ2v) is 6.01. The number of benzene rings is 2. The van der Waals surface area contributed by atoms with Gasteiger partial charge in [0.15, 0.2) is 0 Å². The maximum Gasteiger partial charge on any atom is 0.322 e. The highest BCUT2D eigenvalue weighted by Crippen LogP contribution is 2.39. The van der Waals surface area contributed by atoms with Gasteiger partial charge < -0.3 is 19.7 Å². The van der Waals surface area contributed by atoms with Crippen molar-refractivity contribution in [2.45, 2.75) is 18.9 Å². The van der Waals surface area contributed by atoms with E-state index < -0.39 is 17.7 Å². The van der Waals surface area contributed by atoms with Crippen LogP contribution >= 0.6 is 0 Å². The van der Waals surface area contributed by atoms with Crippen molar-refractivity contribution < 1.29 is 23.0 Å². The fourth-order valence-electron chi connectivity index (χ4n) is 3.21. The standard InChI is InChI=1S/C19H20F2N2O3/c1-25-13-6-8-18(26-2)14(11-13)17-4-3-9-23(17)19(24)22-16-7-5-12(20)10-15(16)21/h5-8,10-11,17H,3-4,9H2,1-2H3,(H,22,24). The van der Waals surface area contributed by atoms with Gasteiger partial charge >= 0.3 is 6.03 Å². The van der Waals surface area contributed by atoms with Crippen LogP contribution < -0.4 is 14.8 Å². The molecule has 7 heteroatoms. The van der Waals surface area contributed by atoms with Crippen LogP contribution in [0.25, 0.3) is 0 Å². The van der Waals surface area contributed by atoms with E-state index in [0.29, 0.717) is 18.0 Å². The lowest BCUT2D eigenvalue weighted by molar-refractivity contribution is 0.206. The maximum atomic E-state index is 13.8. The van der Waals surface area contributed by atoms with Gasteiger partial charge in [0.25, 0.3) is 0 Å². The summed E-state index contributed by atoms with van der Waals surface area (Å²) in [5.41, 5.74) is 0.777. The predicted octanol–water partition coefficient (Wildman–Crippen LogP) is 4.35. The van der Waals surface area contributed by atoms with Gasteiger partial charge in [0, 0.05) is 18.2 Å². The Bertz CT molecular complexity index is 813. The summed E-state index contributed by atoms with van der Waals surface area (Å²) in [6, 6.07) is 7.81. The molecule has 1 heterocycles. The number of carbonyl (C=O) groups excluding carboxylic acids is 1. The molecule has 2 amide bonds. The van der Waals surface area contributed by atoms with Crippen molar-refractivity contribution in [3.63, 3.8) is 0 Å². The Balaban J connectivity index is 1.85. The Morgan fingerprint density at radius 3 is 2.65 bits per heavy atom. The van der Waals surface area contributed by atoms with Gasteiger partial charge in [0.1, 0.15) is 23.1 Å². The number of rotatable bonds is 4. The van der Waals surface area contributed by atoms with Gasteiger partial charge in [-0.15, -0.1) is 0 Å². The third-order valence-electron chi connectivity index (χ3n) is 4.48. The van der Waals surface area contributed by atoms with Gasteiger partial charge in [0.2, 0.25) is 0 Å². The molecule has 0 saturated carbocycles. The lowest BCUT2D eigenvalue weighted by Crippen LogP contribution is -2.34. The van der Waals surface area contributed by atoms with Crippen LogP contribution in [0.1, 0.15) is 24.4 Å².